The van der Waals surface area contributed by atoms with Gasteiger partial charge >= 0.3 is 5.97 Å². The zero-order valence-electron chi connectivity index (χ0n) is 16.0. The standard InChI is InChI=1S/C22H20N4O3/c1-16-3-7-18(8-4-16)22-24-20(29-25-22)11-12-21(27)28-15-17-5-9-19(10-6-17)26-14-2-13-23-26/h2-10,13-14H,11-12,15H2,1H3. The molecule has 0 amide bonds. The van der Waals surface area contributed by atoms with Gasteiger partial charge in [-0.2, -0.15) is 10.1 Å². The predicted molar refractivity (Wildman–Crippen MR) is 106 cm³/mol. The summed E-state index contributed by atoms with van der Waals surface area (Å²) in [6.45, 7) is 2.24. The molecule has 0 radical (unpaired) electrons. The lowest BCUT2D eigenvalue weighted by Gasteiger charge is -2.06. The molecule has 0 bridgehead atoms. The van der Waals surface area contributed by atoms with E-state index in [0.29, 0.717) is 18.1 Å². The lowest BCUT2D eigenvalue weighted by molar-refractivity contribution is -0.145. The molecule has 0 unspecified atom stereocenters. The molecule has 0 saturated carbocycles. The summed E-state index contributed by atoms with van der Waals surface area (Å²) in [4.78, 5) is 16.4. The monoisotopic (exact) mass is 388 g/mol. The molecule has 2 aromatic heterocycles. The quantitative estimate of drug-likeness (QED) is 0.447. The van der Waals surface area contributed by atoms with Crippen LogP contribution in [0.2, 0.25) is 0 Å². The van der Waals surface area contributed by atoms with Gasteiger partial charge in [-0.05, 0) is 30.7 Å². The van der Waals surface area contributed by atoms with Gasteiger partial charge in [0.15, 0.2) is 0 Å². The SMILES string of the molecule is Cc1ccc(-c2noc(CCC(=O)OCc3ccc(-n4cccn4)cc3)n2)cc1. The summed E-state index contributed by atoms with van der Waals surface area (Å²) in [7, 11) is 0. The van der Waals surface area contributed by atoms with Crippen molar-refractivity contribution in [1.29, 1.82) is 0 Å². The Balaban J connectivity index is 1.25. The second kappa shape index (κ2) is 8.52. The maximum absolute atomic E-state index is 12.0. The molecule has 7 nitrogen and oxygen atoms in total. The molecule has 0 saturated heterocycles. The molecule has 0 atom stereocenters. The highest BCUT2D eigenvalue weighted by Crippen LogP contribution is 2.17. The van der Waals surface area contributed by atoms with Crippen molar-refractivity contribution >= 4 is 5.97 Å². The molecule has 0 fully saturated rings. The Hall–Kier alpha value is -3.74. The van der Waals surface area contributed by atoms with Crippen LogP contribution in [0.3, 0.4) is 0 Å². The molecule has 29 heavy (non-hydrogen) atoms. The van der Waals surface area contributed by atoms with Crippen LogP contribution >= 0.6 is 0 Å². The highest BCUT2D eigenvalue weighted by atomic mass is 16.5. The van der Waals surface area contributed by atoms with E-state index in [1.807, 2.05) is 67.7 Å². The van der Waals surface area contributed by atoms with Gasteiger partial charge in [-0.3, -0.25) is 4.79 Å². The Morgan fingerprint density at radius 1 is 1.10 bits per heavy atom. The zero-order valence-corrected chi connectivity index (χ0v) is 16.0. The maximum atomic E-state index is 12.0. The number of rotatable bonds is 7. The topological polar surface area (TPSA) is 83.0 Å². The molecular formula is C22H20N4O3. The minimum absolute atomic E-state index is 0.181. The first kappa shape index (κ1) is 18.6. The molecule has 2 aromatic carbocycles. The molecular weight excluding hydrogens is 368 g/mol. The van der Waals surface area contributed by atoms with Crippen molar-refractivity contribution in [3.63, 3.8) is 0 Å². The minimum Gasteiger partial charge on any atom is -0.461 e. The number of carbonyl (C=O) groups excluding carboxylic acids is 1. The molecule has 146 valence electrons. The van der Waals surface area contributed by atoms with E-state index in [4.69, 9.17) is 9.26 Å². The summed E-state index contributed by atoms with van der Waals surface area (Å²) in [5.74, 6) is 0.628. The number of hydrogen-bond donors (Lipinski definition) is 0. The van der Waals surface area contributed by atoms with Crippen LogP contribution in [0.1, 0.15) is 23.4 Å². The fourth-order valence-electron chi connectivity index (χ4n) is 2.79. The van der Waals surface area contributed by atoms with E-state index in [9.17, 15) is 4.79 Å². The highest BCUT2D eigenvalue weighted by molar-refractivity contribution is 5.69. The molecule has 0 aliphatic carbocycles. The number of hydrogen-bond acceptors (Lipinski definition) is 6. The Labute approximate surface area is 167 Å². The summed E-state index contributed by atoms with van der Waals surface area (Å²) < 4.78 is 12.3. The van der Waals surface area contributed by atoms with Crippen LogP contribution in [-0.4, -0.2) is 25.9 Å². The Bertz CT molecular complexity index is 1070. The number of aromatic nitrogens is 4. The molecule has 0 N–H and O–H groups in total. The summed E-state index contributed by atoms with van der Waals surface area (Å²) >= 11 is 0. The molecule has 7 heteroatoms. The Kier molecular flexibility index (Phi) is 5.47. The average molecular weight is 388 g/mol. The van der Waals surface area contributed by atoms with Crippen LogP contribution in [0.25, 0.3) is 17.1 Å². The fraction of sp³-hybridized carbons (Fsp3) is 0.182. The van der Waals surface area contributed by atoms with E-state index in [1.165, 1.54) is 0 Å². The van der Waals surface area contributed by atoms with Gasteiger partial charge in [-0.25, -0.2) is 4.68 Å². The van der Waals surface area contributed by atoms with Gasteiger partial charge < -0.3 is 9.26 Å². The summed E-state index contributed by atoms with van der Waals surface area (Å²) in [5, 5.41) is 8.15. The molecule has 2 heterocycles. The van der Waals surface area contributed by atoms with Crippen molar-refractivity contribution in [2.24, 2.45) is 0 Å². The number of nitrogens with zero attached hydrogens (tertiary/aromatic N) is 4. The van der Waals surface area contributed by atoms with Crippen molar-refractivity contribution in [2.45, 2.75) is 26.4 Å². The van der Waals surface area contributed by atoms with Crippen LogP contribution in [0, 0.1) is 6.92 Å². The summed E-state index contributed by atoms with van der Waals surface area (Å²) in [6.07, 6.45) is 4.12. The third kappa shape index (κ3) is 4.76. The van der Waals surface area contributed by atoms with Crippen molar-refractivity contribution in [2.75, 3.05) is 0 Å². The second-order valence-corrected chi connectivity index (χ2v) is 6.66. The number of esters is 1. The van der Waals surface area contributed by atoms with Crippen LogP contribution in [0.4, 0.5) is 0 Å². The van der Waals surface area contributed by atoms with E-state index >= 15 is 0 Å². The highest BCUT2D eigenvalue weighted by Gasteiger charge is 2.11. The van der Waals surface area contributed by atoms with E-state index in [1.54, 1.807) is 10.9 Å². The molecule has 4 aromatic rings. The van der Waals surface area contributed by atoms with E-state index < -0.39 is 0 Å². The van der Waals surface area contributed by atoms with Gasteiger partial charge in [0.2, 0.25) is 11.7 Å². The third-order valence-corrected chi connectivity index (χ3v) is 4.43. The molecule has 0 aliphatic rings. The molecule has 0 spiro atoms. The first-order chi connectivity index (χ1) is 14.2. The van der Waals surface area contributed by atoms with Gasteiger partial charge in [0.25, 0.3) is 0 Å². The Morgan fingerprint density at radius 2 is 1.90 bits per heavy atom. The number of ether oxygens (including phenoxy) is 1. The lowest BCUT2D eigenvalue weighted by Crippen LogP contribution is -2.06. The van der Waals surface area contributed by atoms with Crippen molar-refractivity contribution < 1.29 is 14.1 Å². The fourth-order valence-corrected chi connectivity index (χ4v) is 2.79. The van der Waals surface area contributed by atoms with Crippen molar-refractivity contribution in [3.05, 3.63) is 84.0 Å². The second-order valence-electron chi connectivity index (χ2n) is 6.66. The maximum Gasteiger partial charge on any atom is 0.306 e. The number of aryl methyl sites for hydroxylation is 2. The molecule has 0 aliphatic heterocycles. The van der Waals surface area contributed by atoms with E-state index in [-0.39, 0.29) is 19.0 Å². The minimum atomic E-state index is -0.309. The predicted octanol–water partition coefficient (Wildman–Crippen LogP) is 3.91. The molecule has 4 rings (SSSR count). The van der Waals surface area contributed by atoms with Crippen molar-refractivity contribution in [1.82, 2.24) is 19.9 Å². The van der Waals surface area contributed by atoms with Crippen LogP contribution < -0.4 is 0 Å². The van der Waals surface area contributed by atoms with Crippen molar-refractivity contribution in [3.8, 4) is 17.1 Å². The average Bonchev–Trinajstić information content (AvgIpc) is 3.44. The van der Waals surface area contributed by atoms with Gasteiger partial charge in [0.1, 0.15) is 6.61 Å². The summed E-state index contributed by atoms with van der Waals surface area (Å²) in [6, 6.07) is 17.4. The summed E-state index contributed by atoms with van der Waals surface area (Å²) in [5.41, 5.74) is 3.91. The van der Waals surface area contributed by atoms with Gasteiger partial charge in [0, 0.05) is 24.4 Å². The zero-order chi connectivity index (χ0) is 20.1. The van der Waals surface area contributed by atoms with E-state index in [0.717, 1.165) is 22.4 Å². The first-order valence-corrected chi connectivity index (χ1v) is 9.31. The Morgan fingerprint density at radius 3 is 2.62 bits per heavy atom. The van der Waals surface area contributed by atoms with Crippen LogP contribution in [0.15, 0.2) is 71.5 Å². The largest absolute Gasteiger partial charge is 0.461 e. The van der Waals surface area contributed by atoms with E-state index in [2.05, 4.69) is 15.2 Å². The smallest absolute Gasteiger partial charge is 0.306 e. The normalized spacial score (nSPS) is 10.8. The van der Waals surface area contributed by atoms with Crippen LogP contribution in [-0.2, 0) is 22.6 Å². The number of carbonyl (C=O) groups is 1. The third-order valence-electron chi connectivity index (χ3n) is 4.43. The lowest BCUT2D eigenvalue weighted by atomic mass is 10.1. The van der Waals surface area contributed by atoms with Crippen LogP contribution in [0.5, 0.6) is 0 Å². The van der Waals surface area contributed by atoms with Gasteiger partial charge in [0.05, 0.1) is 12.1 Å². The van der Waals surface area contributed by atoms with Gasteiger partial charge in [-0.1, -0.05) is 47.1 Å². The van der Waals surface area contributed by atoms with Gasteiger partial charge in [-0.15, -0.1) is 0 Å². The first-order valence-electron chi connectivity index (χ1n) is 9.31. The number of benzene rings is 2.